The lowest BCUT2D eigenvalue weighted by molar-refractivity contribution is 0.0730. The normalized spacial score (nSPS) is 15.4. The van der Waals surface area contributed by atoms with Crippen LogP contribution in [0.1, 0.15) is 36.7 Å². The Morgan fingerprint density at radius 2 is 1.84 bits per heavy atom. The van der Waals surface area contributed by atoms with Crippen molar-refractivity contribution in [1.29, 1.82) is 0 Å². The van der Waals surface area contributed by atoms with Crippen LogP contribution < -0.4 is 10.1 Å². The summed E-state index contributed by atoms with van der Waals surface area (Å²) in [4.78, 5) is 12.7. The molecule has 174 valence electrons. The number of carbonyl (C=O) groups is 1. The summed E-state index contributed by atoms with van der Waals surface area (Å²) in [6, 6.07) is 12.0. The number of sulfonamides is 1. The van der Waals surface area contributed by atoms with E-state index in [0.717, 1.165) is 11.3 Å². The Hall–Kier alpha value is -2.13. The monoisotopic (exact) mass is 480 g/mol. The second-order valence-corrected chi connectivity index (χ2v) is 10.9. The van der Waals surface area contributed by atoms with Gasteiger partial charge in [0.25, 0.3) is 5.91 Å². The minimum Gasteiger partial charge on any atom is -0.491 e. The lowest BCUT2D eigenvalue weighted by atomic mass is 9.86. The predicted octanol–water partition coefficient (Wildman–Crippen LogP) is 3.47. The third kappa shape index (κ3) is 5.81. The first-order valence-corrected chi connectivity index (χ1v) is 12.3. The number of nitrogens with zero attached hydrogens (tertiary/aromatic N) is 1. The molecule has 2 aromatic carbocycles. The van der Waals surface area contributed by atoms with E-state index in [-0.39, 0.29) is 47.1 Å². The third-order valence-corrected chi connectivity index (χ3v) is 7.35. The van der Waals surface area contributed by atoms with Gasteiger partial charge in [0.15, 0.2) is 0 Å². The average molecular weight is 481 g/mol. The fourth-order valence-electron chi connectivity index (χ4n) is 3.41. The maximum absolute atomic E-state index is 12.9. The van der Waals surface area contributed by atoms with Gasteiger partial charge in [0.2, 0.25) is 10.0 Å². The molecular weight excluding hydrogens is 452 g/mol. The number of benzene rings is 2. The maximum atomic E-state index is 12.9. The van der Waals surface area contributed by atoms with E-state index < -0.39 is 15.9 Å². The highest BCUT2D eigenvalue weighted by atomic mass is 35.5. The molecule has 3 rings (SSSR count). The van der Waals surface area contributed by atoms with Crippen LogP contribution in [0, 0.1) is 0 Å². The molecule has 0 atom stereocenters. The van der Waals surface area contributed by atoms with E-state index >= 15 is 0 Å². The van der Waals surface area contributed by atoms with Gasteiger partial charge in [-0.2, -0.15) is 4.31 Å². The lowest BCUT2D eigenvalue weighted by Gasteiger charge is -2.26. The number of hydrogen-bond donors (Lipinski definition) is 1. The van der Waals surface area contributed by atoms with Crippen molar-refractivity contribution in [3.63, 3.8) is 0 Å². The summed E-state index contributed by atoms with van der Waals surface area (Å²) >= 11 is 6.19. The first-order valence-electron chi connectivity index (χ1n) is 10.5. The molecule has 9 heteroatoms. The Kier molecular flexibility index (Phi) is 7.82. The number of rotatable bonds is 7. The number of para-hydroxylation sites is 1. The standard InChI is InChI=1S/C23H29ClN2O5S/c1-23(2,3)19-6-4-5-7-21(19)31-13-10-25-22(27)18-16-17(8-9-20(18)24)32(28,29)26-11-14-30-15-12-26/h4-9,16H,10-15H2,1-3H3,(H,25,27). The Morgan fingerprint density at radius 1 is 1.16 bits per heavy atom. The van der Waals surface area contributed by atoms with Crippen LogP contribution in [0.15, 0.2) is 47.4 Å². The Bertz CT molecular complexity index is 1060. The molecule has 2 aromatic rings. The minimum absolute atomic E-state index is 0.0318. The average Bonchev–Trinajstić information content (AvgIpc) is 2.77. The fraction of sp³-hybridized carbons (Fsp3) is 0.435. The van der Waals surface area contributed by atoms with Crippen LogP contribution in [0.2, 0.25) is 5.02 Å². The zero-order valence-electron chi connectivity index (χ0n) is 18.6. The first-order chi connectivity index (χ1) is 15.1. The van der Waals surface area contributed by atoms with Gasteiger partial charge in [0.1, 0.15) is 12.4 Å². The third-order valence-electron chi connectivity index (χ3n) is 5.13. The highest BCUT2D eigenvalue weighted by Gasteiger charge is 2.27. The molecule has 1 amide bonds. The highest BCUT2D eigenvalue weighted by molar-refractivity contribution is 7.89. The van der Waals surface area contributed by atoms with Crippen molar-refractivity contribution >= 4 is 27.5 Å². The van der Waals surface area contributed by atoms with Crippen LogP contribution in [0.4, 0.5) is 0 Å². The van der Waals surface area contributed by atoms with Crippen LogP contribution in [-0.2, 0) is 20.2 Å². The summed E-state index contributed by atoms with van der Waals surface area (Å²) in [7, 11) is -3.72. The van der Waals surface area contributed by atoms with Crippen molar-refractivity contribution in [2.45, 2.75) is 31.1 Å². The molecule has 0 aromatic heterocycles. The van der Waals surface area contributed by atoms with Crippen LogP contribution in [-0.4, -0.2) is 58.1 Å². The summed E-state index contributed by atoms with van der Waals surface area (Å²) in [5.41, 5.74) is 1.12. The first kappa shape index (κ1) is 24.5. The van der Waals surface area contributed by atoms with Crippen molar-refractivity contribution in [3.05, 3.63) is 58.6 Å². The number of hydrogen-bond acceptors (Lipinski definition) is 5. The molecule has 0 radical (unpaired) electrons. The van der Waals surface area contributed by atoms with Gasteiger partial charge in [0.05, 0.1) is 35.2 Å². The largest absolute Gasteiger partial charge is 0.491 e. The van der Waals surface area contributed by atoms with E-state index in [0.29, 0.717) is 13.2 Å². The molecule has 0 unspecified atom stereocenters. The second-order valence-electron chi connectivity index (χ2n) is 8.51. The van der Waals surface area contributed by atoms with E-state index in [1.54, 1.807) is 0 Å². The van der Waals surface area contributed by atoms with Gasteiger partial charge in [-0.25, -0.2) is 8.42 Å². The Morgan fingerprint density at radius 3 is 2.53 bits per heavy atom. The number of nitrogens with one attached hydrogen (secondary N) is 1. The van der Waals surface area contributed by atoms with Crippen molar-refractivity contribution < 1.29 is 22.7 Å². The number of halogens is 1. The molecule has 32 heavy (non-hydrogen) atoms. The smallest absolute Gasteiger partial charge is 0.252 e. The molecule has 1 N–H and O–H groups in total. The number of ether oxygens (including phenoxy) is 2. The molecule has 1 aliphatic heterocycles. The fourth-order valence-corrected chi connectivity index (χ4v) is 5.05. The highest BCUT2D eigenvalue weighted by Crippen LogP contribution is 2.30. The van der Waals surface area contributed by atoms with Gasteiger partial charge >= 0.3 is 0 Å². The molecule has 0 saturated carbocycles. The molecule has 1 heterocycles. The van der Waals surface area contributed by atoms with Crippen LogP contribution in [0.5, 0.6) is 5.75 Å². The Labute approximate surface area is 194 Å². The summed E-state index contributed by atoms with van der Waals surface area (Å²) in [5.74, 6) is 0.313. The number of carbonyl (C=O) groups excluding carboxylic acids is 1. The summed E-state index contributed by atoms with van der Waals surface area (Å²) in [6.07, 6.45) is 0. The zero-order chi connectivity index (χ0) is 23.4. The Balaban J connectivity index is 1.64. The predicted molar refractivity (Wildman–Crippen MR) is 124 cm³/mol. The molecule has 0 aliphatic carbocycles. The molecular formula is C23H29ClN2O5S. The van der Waals surface area contributed by atoms with Gasteiger partial charge in [-0.15, -0.1) is 0 Å². The van der Waals surface area contributed by atoms with E-state index in [1.807, 2.05) is 24.3 Å². The van der Waals surface area contributed by atoms with Crippen LogP contribution in [0.25, 0.3) is 0 Å². The molecule has 1 saturated heterocycles. The maximum Gasteiger partial charge on any atom is 0.252 e. The SMILES string of the molecule is CC(C)(C)c1ccccc1OCCNC(=O)c1cc(S(=O)(=O)N2CCOCC2)ccc1Cl. The minimum atomic E-state index is -3.72. The van der Waals surface area contributed by atoms with Crippen molar-refractivity contribution in [2.75, 3.05) is 39.5 Å². The van der Waals surface area contributed by atoms with Gasteiger partial charge in [-0.3, -0.25) is 4.79 Å². The number of morpholine rings is 1. The summed E-state index contributed by atoms with van der Waals surface area (Å²) < 4.78 is 38.2. The van der Waals surface area contributed by atoms with Crippen LogP contribution >= 0.6 is 11.6 Å². The quantitative estimate of drug-likeness (QED) is 0.613. The van der Waals surface area contributed by atoms with Crippen molar-refractivity contribution in [1.82, 2.24) is 9.62 Å². The van der Waals surface area contributed by atoms with E-state index in [1.165, 1.54) is 22.5 Å². The zero-order valence-corrected chi connectivity index (χ0v) is 20.1. The van der Waals surface area contributed by atoms with Gasteiger partial charge in [-0.05, 0) is 35.2 Å². The van der Waals surface area contributed by atoms with E-state index in [9.17, 15) is 13.2 Å². The van der Waals surface area contributed by atoms with Gasteiger partial charge < -0.3 is 14.8 Å². The summed E-state index contributed by atoms with van der Waals surface area (Å²) in [6.45, 7) is 8.08. The van der Waals surface area contributed by atoms with Gasteiger partial charge in [-0.1, -0.05) is 50.6 Å². The molecule has 1 aliphatic rings. The summed E-state index contributed by atoms with van der Waals surface area (Å²) in [5, 5.41) is 2.93. The number of amides is 1. The molecule has 7 nitrogen and oxygen atoms in total. The molecule has 1 fully saturated rings. The van der Waals surface area contributed by atoms with Crippen LogP contribution in [0.3, 0.4) is 0 Å². The van der Waals surface area contributed by atoms with Gasteiger partial charge in [0, 0.05) is 13.1 Å². The molecule has 0 bridgehead atoms. The topological polar surface area (TPSA) is 84.9 Å². The lowest BCUT2D eigenvalue weighted by Crippen LogP contribution is -2.40. The van der Waals surface area contributed by atoms with Crippen molar-refractivity contribution in [3.8, 4) is 5.75 Å². The van der Waals surface area contributed by atoms with Crippen molar-refractivity contribution in [2.24, 2.45) is 0 Å². The van der Waals surface area contributed by atoms with E-state index in [2.05, 4.69) is 26.1 Å². The molecule has 0 spiro atoms. The van der Waals surface area contributed by atoms with E-state index in [4.69, 9.17) is 21.1 Å². The second kappa shape index (κ2) is 10.2.